The third kappa shape index (κ3) is 3.42. The van der Waals surface area contributed by atoms with Crippen LogP contribution >= 0.6 is 24.0 Å². The number of nitrogens with zero attached hydrogens (tertiary/aromatic N) is 2. The second kappa shape index (κ2) is 7.69. The predicted octanol–water partition coefficient (Wildman–Crippen LogP) is 4.58. The zero-order valence-corrected chi connectivity index (χ0v) is 15.3. The third-order valence-electron chi connectivity index (χ3n) is 4.76. The van der Waals surface area contributed by atoms with Crippen molar-refractivity contribution in [2.24, 2.45) is 0 Å². The summed E-state index contributed by atoms with van der Waals surface area (Å²) >= 11 is 6.18. The molecule has 1 aliphatic rings. The Hall–Kier alpha value is -1.03. The Kier molecular flexibility index (Phi) is 6.12. The van der Waals surface area contributed by atoms with Crippen molar-refractivity contribution in [2.75, 3.05) is 19.6 Å². The second-order valence-corrected chi connectivity index (χ2v) is 6.38. The number of carbonyl (C=O) groups is 1. The maximum Gasteiger partial charge on any atom is 0.179 e. The number of halogens is 2. The van der Waals surface area contributed by atoms with Gasteiger partial charge in [-0.15, -0.1) is 12.4 Å². The zero-order chi connectivity index (χ0) is 15.7. The van der Waals surface area contributed by atoms with E-state index in [1.165, 1.54) is 5.56 Å². The topological polar surface area (TPSA) is 25.2 Å². The number of aryl methyl sites for hydroxylation is 1. The first-order valence-electron chi connectivity index (χ1n) is 8.21. The van der Waals surface area contributed by atoms with Crippen LogP contribution in [0.4, 0.5) is 0 Å². The molecule has 2 aromatic rings. The van der Waals surface area contributed by atoms with E-state index in [9.17, 15) is 4.79 Å². The van der Waals surface area contributed by atoms with Crippen molar-refractivity contribution in [1.29, 1.82) is 0 Å². The van der Waals surface area contributed by atoms with Gasteiger partial charge in [-0.25, -0.2) is 0 Å². The number of hydrogen-bond acceptors (Lipinski definition) is 2. The summed E-state index contributed by atoms with van der Waals surface area (Å²) in [6.07, 6.45) is 2.60. The lowest BCUT2D eigenvalue weighted by Gasteiger charge is -2.20. The minimum atomic E-state index is 0. The number of carbonyl (C=O) groups excluding carboxylic acids is 1. The zero-order valence-electron chi connectivity index (χ0n) is 13.8. The van der Waals surface area contributed by atoms with Gasteiger partial charge >= 0.3 is 0 Å². The van der Waals surface area contributed by atoms with Crippen molar-refractivity contribution in [3.63, 3.8) is 0 Å². The number of rotatable bonds is 5. The highest BCUT2D eigenvalue weighted by Gasteiger charge is 2.25. The fourth-order valence-corrected chi connectivity index (χ4v) is 3.70. The lowest BCUT2D eigenvalue weighted by molar-refractivity contribution is 0.0962. The number of ketones is 1. The summed E-state index contributed by atoms with van der Waals surface area (Å²) in [6.45, 7) is 8.27. The van der Waals surface area contributed by atoms with E-state index in [0.29, 0.717) is 6.42 Å². The summed E-state index contributed by atoms with van der Waals surface area (Å²) < 4.78 is 2.22. The predicted molar refractivity (Wildman–Crippen MR) is 99.3 cm³/mol. The lowest BCUT2D eigenvalue weighted by Crippen LogP contribution is -2.28. The summed E-state index contributed by atoms with van der Waals surface area (Å²) in [4.78, 5) is 14.9. The van der Waals surface area contributed by atoms with Crippen LogP contribution in [0.25, 0.3) is 10.9 Å². The van der Waals surface area contributed by atoms with Crippen LogP contribution in [0.15, 0.2) is 18.2 Å². The van der Waals surface area contributed by atoms with Gasteiger partial charge in [0.1, 0.15) is 0 Å². The first-order valence-corrected chi connectivity index (χ1v) is 8.59. The Bertz CT molecular complexity index is 705. The van der Waals surface area contributed by atoms with Crippen LogP contribution in [0.1, 0.15) is 42.7 Å². The van der Waals surface area contributed by atoms with Crippen molar-refractivity contribution in [1.82, 2.24) is 9.47 Å². The maximum absolute atomic E-state index is 12.5. The van der Waals surface area contributed by atoms with E-state index in [1.54, 1.807) is 0 Å². The van der Waals surface area contributed by atoms with Crippen molar-refractivity contribution in [3.05, 3.63) is 34.5 Å². The molecule has 0 spiro atoms. The Morgan fingerprint density at radius 1 is 1.22 bits per heavy atom. The van der Waals surface area contributed by atoms with Gasteiger partial charge in [0.05, 0.1) is 5.69 Å². The average Bonchev–Trinajstić information content (AvgIpc) is 2.83. The fourth-order valence-electron chi connectivity index (χ4n) is 3.53. The molecule has 0 saturated heterocycles. The molecule has 0 radical (unpaired) electrons. The van der Waals surface area contributed by atoms with Gasteiger partial charge in [0.15, 0.2) is 5.78 Å². The van der Waals surface area contributed by atoms with E-state index in [0.717, 1.165) is 60.6 Å². The largest absolute Gasteiger partial charge is 0.337 e. The molecule has 1 heterocycles. The van der Waals surface area contributed by atoms with Crippen molar-refractivity contribution >= 4 is 40.7 Å². The second-order valence-electron chi connectivity index (χ2n) is 5.94. The number of Topliss-reactive ketones (excluding diaryl/α,β-unsaturated/α-hetero) is 1. The number of aromatic nitrogens is 1. The molecule has 3 nitrogen and oxygen atoms in total. The van der Waals surface area contributed by atoms with E-state index < -0.39 is 0 Å². The molecule has 0 atom stereocenters. The van der Waals surface area contributed by atoms with Gasteiger partial charge in [0.25, 0.3) is 0 Å². The van der Waals surface area contributed by atoms with Crippen molar-refractivity contribution in [2.45, 2.75) is 39.7 Å². The normalized spacial score (nSPS) is 14.2. The highest BCUT2D eigenvalue weighted by molar-refractivity contribution is 6.31. The lowest BCUT2D eigenvalue weighted by atomic mass is 9.94. The SMILES string of the molecule is CCN(CC)CCn1c2c(c3cc(Cl)ccc31)CCCC2=O.Cl. The molecule has 23 heavy (non-hydrogen) atoms. The monoisotopic (exact) mass is 354 g/mol. The molecule has 1 aromatic carbocycles. The van der Waals surface area contributed by atoms with Crippen LogP contribution in [0, 0.1) is 0 Å². The first kappa shape index (κ1) is 18.3. The van der Waals surface area contributed by atoms with Crippen LogP contribution in [-0.2, 0) is 13.0 Å². The molecule has 0 bridgehead atoms. The number of fused-ring (bicyclic) bond motifs is 3. The van der Waals surface area contributed by atoms with E-state index in [1.807, 2.05) is 12.1 Å². The Morgan fingerprint density at radius 3 is 2.65 bits per heavy atom. The molecule has 1 aliphatic carbocycles. The molecule has 126 valence electrons. The Morgan fingerprint density at radius 2 is 1.96 bits per heavy atom. The Labute approximate surface area is 149 Å². The fraction of sp³-hybridized carbons (Fsp3) is 0.500. The Balaban J connectivity index is 0.00000192. The van der Waals surface area contributed by atoms with Gasteiger partial charge in [-0.1, -0.05) is 25.4 Å². The quantitative estimate of drug-likeness (QED) is 0.785. The van der Waals surface area contributed by atoms with Crippen LogP contribution in [0.3, 0.4) is 0 Å². The molecule has 0 N–H and O–H groups in total. The van der Waals surface area contributed by atoms with E-state index >= 15 is 0 Å². The van der Waals surface area contributed by atoms with Crippen molar-refractivity contribution in [3.8, 4) is 0 Å². The van der Waals surface area contributed by atoms with Crippen LogP contribution < -0.4 is 0 Å². The summed E-state index contributed by atoms with van der Waals surface area (Å²) in [5.74, 6) is 0.285. The molecule has 0 fully saturated rings. The van der Waals surface area contributed by atoms with Gasteiger partial charge in [0.2, 0.25) is 0 Å². The average molecular weight is 355 g/mol. The maximum atomic E-state index is 12.5. The van der Waals surface area contributed by atoms with Gasteiger partial charge in [0, 0.05) is 35.4 Å². The summed E-state index contributed by atoms with van der Waals surface area (Å²) in [7, 11) is 0. The number of hydrogen-bond donors (Lipinski definition) is 0. The first-order chi connectivity index (χ1) is 10.7. The molecular weight excluding hydrogens is 331 g/mol. The van der Waals surface area contributed by atoms with E-state index in [4.69, 9.17) is 11.6 Å². The van der Waals surface area contributed by atoms with E-state index in [2.05, 4.69) is 29.4 Å². The molecule has 3 rings (SSSR count). The van der Waals surface area contributed by atoms with Crippen LogP contribution in [-0.4, -0.2) is 34.9 Å². The molecule has 1 aromatic heterocycles. The third-order valence-corrected chi connectivity index (χ3v) is 4.99. The molecule has 0 unspecified atom stereocenters. The highest BCUT2D eigenvalue weighted by atomic mass is 35.5. The van der Waals surface area contributed by atoms with Gasteiger partial charge < -0.3 is 9.47 Å². The van der Waals surface area contributed by atoms with Gasteiger partial charge in [-0.05, 0) is 49.7 Å². The minimum Gasteiger partial charge on any atom is -0.337 e. The van der Waals surface area contributed by atoms with E-state index in [-0.39, 0.29) is 18.2 Å². The van der Waals surface area contributed by atoms with Crippen LogP contribution in [0.5, 0.6) is 0 Å². The number of benzene rings is 1. The molecular formula is C18H24Cl2N2O. The molecule has 0 aliphatic heterocycles. The highest BCUT2D eigenvalue weighted by Crippen LogP contribution is 2.33. The summed E-state index contributed by atoms with van der Waals surface area (Å²) in [5, 5.41) is 1.91. The van der Waals surface area contributed by atoms with Gasteiger partial charge in [-0.2, -0.15) is 0 Å². The summed E-state index contributed by atoms with van der Waals surface area (Å²) in [5.41, 5.74) is 3.28. The molecule has 5 heteroatoms. The minimum absolute atomic E-state index is 0. The standard InChI is InChI=1S/C18H23ClN2O.ClH/c1-3-20(4-2)10-11-21-16-9-8-13(19)12-15(16)14-6-5-7-17(22)18(14)21;/h8-9,12H,3-7,10-11H2,1-2H3;1H. The van der Waals surface area contributed by atoms with Gasteiger partial charge in [-0.3, -0.25) is 4.79 Å². The molecule has 0 saturated carbocycles. The molecule has 0 amide bonds. The summed E-state index contributed by atoms with van der Waals surface area (Å²) in [6, 6.07) is 6.00. The van der Waals surface area contributed by atoms with Crippen LogP contribution in [0.2, 0.25) is 5.02 Å². The van der Waals surface area contributed by atoms with Crippen molar-refractivity contribution < 1.29 is 4.79 Å². The number of likely N-dealkylation sites (N-methyl/N-ethyl adjacent to an activating group) is 1. The smallest absolute Gasteiger partial charge is 0.179 e.